The lowest BCUT2D eigenvalue weighted by molar-refractivity contribution is -0.0212. The fourth-order valence-electron chi connectivity index (χ4n) is 3.85. The maximum Gasteiger partial charge on any atom is 0.257 e. The summed E-state index contributed by atoms with van der Waals surface area (Å²) in [5.41, 5.74) is 3.76. The zero-order valence-corrected chi connectivity index (χ0v) is 18.7. The van der Waals surface area contributed by atoms with Crippen molar-refractivity contribution in [3.63, 3.8) is 0 Å². The standard InChI is InChI=1S/C26H28N4O3/c1-19-17-30(11-12-33-19)18-21-6-2-5-20(13-21)15-28-25(31)22-7-3-9-24(14-22)29-26(32)23-8-4-10-27-16-23/h2-10,13-14,16,19H,11-12,15,17-18H2,1H3,(H,28,31)(H,29,32). The number of benzene rings is 2. The summed E-state index contributed by atoms with van der Waals surface area (Å²) in [4.78, 5) is 31.4. The molecule has 1 unspecified atom stereocenters. The van der Waals surface area contributed by atoms with Gasteiger partial charge >= 0.3 is 0 Å². The van der Waals surface area contributed by atoms with Crippen LogP contribution < -0.4 is 10.6 Å². The molecule has 0 radical (unpaired) electrons. The molecule has 0 spiro atoms. The van der Waals surface area contributed by atoms with Crippen LogP contribution in [0.2, 0.25) is 0 Å². The van der Waals surface area contributed by atoms with Gasteiger partial charge in [-0.2, -0.15) is 0 Å². The van der Waals surface area contributed by atoms with E-state index in [0.717, 1.165) is 31.8 Å². The highest BCUT2D eigenvalue weighted by atomic mass is 16.5. The summed E-state index contributed by atoms with van der Waals surface area (Å²) in [6.45, 7) is 6.01. The van der Waals surface area contributed by atoms with Crippen LogP contribution in [0.1, 0.15) is 38.8 Å². The van der Waals surface area contributed by atoms with E-state index in [4.69, 9.17) is 4.74 Å². The summed E-state index contributed by atoms with van der Waals surface area (Å²) in [6, 6.07) is 18.6. The molecule has 1 fully saturated rings. The molecule has 1 aliphatic heterocycles. The number of rotatable bonds is 7. The average molecular weight is 445 g/mol. The molecule has 33 heavy (non-hydrogen) atoms. The SMILES string of the molecule is CC1CN(Cc2cccc(CNC(=O)c3cccc(NC(=O)c4cccnc4)c3)c2)CCO1. The first-order valence-electron chi connectivity index (χ1n) is 11.1. The van der Waals surface area contributed by atoms with Crippen molar-refractivity contribution in [1.82, 2.24) is 15.2 Å². The van der Waals surface area contributed by atoms with Gasteiger partial charge in [0.15, 0.2) is 0 Å². The highest BCUT2D eigenvalue weighted by Gasteiger charge is 2.16. The van der Waals surface area contributed by atoms with Crippen LogP contribution in [0.3, 0.4) is 0 Å². The van der Waals surface area contributed by atoms with Gasteiger partial charge in [0.1, 0.15) is 0 Å². The molecule has 2 amide bonds. The number of pyridine rings is 1. The first kappa shape index (κ1) is 22.6. The largest absolute Gasteiger partial charge is 0.376 e. The van der Waals surface area contributed by atoms with Crippen molar-refractivity contribution in [2.45, 2.75) is 26.1 Å². The van der Waals surface area contributed by atoms with Crippen molar-refractivity contribution in [3.8, 4) is 0 Å². The number of nitrogens with one attached hydrogen (secondary N) is 2. The Morgan fingerprint density at radius 3 is 2.67 bits per heavy atom. The van der Waals surface area contributed by atoms with Crippen molar-refractivity contribution in [3.05, 3.63) is 95.3 Å². The molecule has 170 valence electrons. The Morgan fingerprint density at radius 2 is 1.85 bits per heavy atom. The number of ether oxygens (including phenoxy) is 1. The number of morpholine rings is 1. The maximum absolute atomic E-state index is 12.7. The molecule has 0 bridgehead atoms. The van der Waals surface area contributed by atoms with E-state index in [1.165, 1.54) is 11.8 Å². The van der Waals surface area contributed by atoms with Gasteiger partial charge in [-0.05, 0) is 48.4 Å². The lowest BCUT2D eigenvalue weighted by Crippen LogP contribution is -2.40. The summed E-state index contributed by atoms with van der Waals surface area (Å²) < 4.78 is 5.61. The minimum atomic E-state index is -0.271. The van der Waals surface area contributed by atoms with E-state index in [-0.39, 0.29) is 17.9 Å². The number of carbonyl (C=O) groups excluding carboxylic acids is 2. The number of carbonyl (C=O) groups is 2. The number of anilines is 1. The quantitative estimate of drug-likeness (QED) is 0.583. The Labute approximate surface area is 193 Å². The monoisotopic (exact) mass is 444 g/mol. The minimum Gasteiger partial charge on any atom is -0.376 e. The summed E-state index contributed by atoms with van der Waals surface area (Å²) in [7, 11) is 0. The molecule has 1 atom stereocenters. The molecule has 3 aromatic rings. The lowest BCUT2D eigenvalue weighted by atomic mass is 10.1. The first-order valence-corrected chi connectivity index (χ1v) is 11.1. The third kappa shape index (κ3) is 6.47. The maximum atomic E-state index is 12.7. The lowest BCUT2D eigenvalue weighted by Gasteiger charge is -2.31. The Balaban J connectivity index is 1.33. The van der Waals surface area contributed by atoms with Crippen LogP contribution in [0.15, 0.2) is 73.1 Å². The molecule has 4 rings (SSSR count). The van der Waals surface area contributed by atoms with E-state index in [1.807, 2.05) is 12.1 Å². The topological polar surface area (TPSA) is 83.6 Å². The Kier molecular flexibility index (Phi) is 7.44. The van der Waals surface area contributed by atoms with Crippen molar-refractivity contribution in [2.75, 3.05) is 25.0 Å². The minimum absolute atomic E-state index is 0.195. The van der Waals surface area contributed by atoms with Crippen LogP contribution in [0, 0.1) is 0 Å². The van der Waals surface area contributed by atoms with Gasteiger partial charge in [0.2, 0.25) is 0 Å². The molecular weight excluding hydrogens is 416 g/mol. The second-order valence-electron chi connectivity index (χ2n) is 8.20. The Hall–Kier alpha value is -3.55. The molecule has 1 saturated heterocycles. The second kappa shape index (κ2) is 10.8. The van der Waals surface area contributed by atoms with Crippen LogP contribution in [0.5, 0.6) is 0 Å². The van der Waals surface area contributed by atoms with E-state index >= 15 is 0 Å². The molecule has 7 nitrogen and oxygen atoms in total. The molecular formula is C26H28N4O3. The van der Waals surface area contributed by atoms with Gasteiger partial charge in [-0.1, -0.05) is 30.3 Å². The van der Waals surface area contributed by atoms with Crippen LogP contribution in [0.25, 0.3) is 0 Å². The highest BCUT2D eigenvalue weighted by Crippen LogP contribution is 2.14. The van der Waals surface area contributed by atoms with E-state index in [1.54, 1.807) is 42.6 Å². The van der Waals surface area contributed by atoms with E-state index in [2.05, 4.69) is 39.6 Å². The summed E-state index contributed by atoms with van der Waals surface area (Å²) in [6.07, 6.45) is 3.37. The van der Waals surface area contributed by atoms with Gasteiger partial charge in [-0.15, -0.1) is 0 Å². The Morgan fingerprint density at radius 1 is 1.03 bits per heavy atom. The summed E-state index contributed by atoms with van der Waals surface area (Å²) in [5.74, 6) is -0.466. The third-order valence-corrected chi connectivity index (χ3v) is 5.48. The summed E-state index contributed by atoms with van der Waals surface area (Å²) in [5, 5.41) is 5.77. The predicted molar refractivity (Wildman–Crippen MR) is 127 cm³/mol. The van der Waals surface area contributed by atoms with E-state index < -0.39 is 0 Å². The third-order valence-electron chi connectivity index (χ3n) is 5.48. The molecule has 2 N–H and O–H groups in total. The van der Waals surface area contributed by atoms with Crippen LogP contribution in [0.4, 0.5) is 5.69 Å². The van der Waals surface area contributed by atoms with Gasteiger partial charge in [0.25, 0.3) is 11.8 Å². The van der Waals surface area contributed by atoms with Crippen molar-refractivity contribution < 1.29 is 14.3 Å². The molecule has 1 aliphatic rings. The second-order valence-corrected chi connectivity index (χ2v) is 8.20. The summed E-state index contributed by atoms with van der Waals surface area (Å²) >= 11 is 0. The molecule has 2 aromatic carbocycles. The zero-order valence-electron chi connectivity index (χ0n) is 18.7. The van der Waals surface area contributed by atoms with Gasteiger partial charge in [-0.25, -0.2) is 0 Å². The highest BCUT2D eigenvalue weighted by molar-refractivity contribution is 6.04. The zero-order chi connectivity index (χ0) is 23.0. The van der Waals surface area contributed by atoms with Crippen molar-refractivity contribution in [1.29, 1.82) is 0 Å². The average Bonchev–Trinajstić information content (AvgIpc) is 2.83. The number of nitrogens with zero attached hydrogens (tertiary/aromatic N) is 2. The number of hydrogen-bond acceptors (Lipinski definition) is 5. The van der Waals surface area contributed by atoms with Crippen LogP contribution >= 0.6 is 0 Å². The van der Waals surface area contributed by atoms with Gasteiger partial charge in [0, 0.05) is 49.8 Å². The first-order chi connectivity index (χ1) is 16.1. The molecule has 2 heterocycles. The Bertz CT molecular complexity index is 1100. The van der Waals surface area contributed by atoms with Gasteiger partial charge in [-0.3, -0.25) is 19.5 Å². The number of aromatic nitrogens is 1. The molecule has 0 aliphatic carbocycles. The molecule has 1 aromatic heterocycles. The molecule has 0 saturated carbocycles. The van der Waals surface area contributed by atoms with Gasteiger partial charge < -0.3 is 15.4 Å². The van der Waals surface area contributed by atoms with Crippen molar-refractivity contribution in [2.24, 2.45) is 0 Å². The van der Waals surface area contributed by atoms with Crippen LogP contribution in [-0.4, -0.2) is 47.5 Å². The smallest absolute Gasteiger partial charge is 0.257 e. The normalized spacial score (nSPS) is 16.2. The number of hydrogen-bond donors (Lipinski definition) is 2. The van der Waals surface area contributed by atoms with E-state index in [9.17, 15) is 9.59 Å². The number of amides is 2. The fourth-order valence-corrected chi connectivity index (χ4v) is 3.85. The van der Waals surface area contributed by atoms with Crippen molar-refractivity contribution >= 4 is 17.5 Å². The van der Waals surface area contributed by atoms with Gasteiger partial charge in [0.05, 0.1) is 18.3 Å². The predicted octanol–water partition coefficient (Wildman–Crippen LogP) is 3.48. The van der Waals surface area contributed by atoms with E-state index in [0.29, 0.717) is 23.4 Å². The fraction of sp³-hybridized carbons (Fsp3) is 0.269. The molecule has 7 heteroatoms. The van der Waals surface area contributed by atoms with Crippen LogP contribution in [-0.2, 0) is 17.8 Å².